The molecule has 0 bridgehead atoms. The lowest BCUT2D eigenvalue weighted by Crippen LogP contribution is -2.48. The largest absolute Gasteiger partial charge is 0.489 e. The van der Waals surface area contributed by atoms with E-state index in [1.165, 1.54) is 7.11 Å². The third-order valence-corrected chi connectivity index (χ3v) is 7.35. The van der Waals surface area contributed by atoms with Gasteiger partial charge in [0.1, 0.15) is 12.4 Å². The van der Waals surface area contributed by atoms with E-state index < -0.39 is 11.6 Å². The molecule has 0 spiro atoms. The average molecular weight is 521 g/mol. The predicted octanol–water partition coefficient (Wildman–Crippen LogP) is 7.59. The molecule has 0 aliphatic rings. The lowest BCUT2D eigenvalue weighted by molar-refractivity contribution is 0.153. The fraction of sp³-hybridized carbons (Fsp3) is 0.241. The molecule has 0 aliphatic carbocycles. The molecule has 0 aromatic heterocycles. The van der Waals surface area contributed by atoms with E-state index in [-0.39, 0.29) is 6.42 Å². The van der Waals surface area contributed by atoms with E-state index in [9.17, 15) is 10.1 Å². The van der Waals surface area contributed by atoms with Crippen molar-refractivity contribution >= 4 is 29.5 Å². The number of ether oxygens (including phenoxy) is 2. The number of alkyl carbamates (subject to hydrolysis) is 1. The Bertz CT molecular complexity index is 1200. The highest BCUT2D eigenvalue weighted by atomic mass is 35.5. The van der Waals surface area contributed by atoms with E-state index in [0.29, 0.717) is 30.9 Å². The molecule has 3 rings (SSSR count). The van der Waals surface area contributed by atoms with Crippen LogP contribution in [-0.4, -0.2) is 18.7 Å². The lowest BCUT2D eigenvalue weighted by Gasteiger charge is -2.31. The first-order valence-corrected chi connectivity index (χ1v) is 12.7. The second-order valence-corrected chi connectivity index (χ2v) is 9.79. The topological polar surface area (TPSA) is 71.3 Å². The van der Waals surface area contributed by atoms with Crippen LogP contribution in [0.4, 0.5) is 4.79 Å². The van der Waals surface area contributed by atoms with Gasteiger partial charge in [-0.1, -0.05) is 71.9 Å². The normalized spacial score (nSPS) is 12.1. The molecule has 1 amide bonds. The van der Waals surface area contributed by atoms with Crippen LogP contribution in [0.1, 0.15) is 30.4 Å². The number of carbonyl (C=O) groups excluding carboxylic acids is 1. The Morgan fingerprint density at radius 1 is 1.14 bits per heavy atom. The highest BCUT2D eigenvalue weighted by molar-refractivity contribution is 7.99. The van der Waals surface area contributed by atoms with Crippen molar-refractivity contribution in [3.63, 3.8) is 0 Å². The van der Waals surface area contributed by atoms with Crippen molar-refractivity contribution in [2.75, 3.05) is 7.11 Å². The number of methoxy groups -OCH3 is 1. The number of carbonyl (C=O) groups is 1. The maximum atomic E-state index is 11.9. The lowest BCUT2D eigenvalue weighted by atomic mass is 9.85. The molecule has 1 atom stereocenters. The van der Waals surface area contributed by atoms with Gasteiger partial charge in [0, 0.05) is 9.79 Å². The number of nitriles is 1. The number of nitrogens with zero attached hydrogens (tertiary/aromatic N) is 1. The highest BCUT2D eigenvalue weighted by Gasteiger charge is 2.31. The van der Waals surface area contributed by atoms with Crippen molar-refractivity contribution in [1.29, 1.82) is 5.26 Å². The van der Waals surface area contributed by atoms with E-state index in [1.807, 2.05) is 72.8 Å². The molecule has 0 radical (unpaired) electrons. The second kappa shape index (κ2) is 13.6. The molecule has 1 N–H and O–H groups in total. The Balaban J connectivity index is 1.67. The zero-order valence-corrected chi connectivity index (χ0v) is 21.8. The number of halogens is 1. The first kappa shape index (κ1) is 27.2. The Morgan fingerprint density at radius 3 is 2.56 bits per heavy atom. The number of hydrogen-bond donors (Lipinski definition) is 1. The van der Waals surface area contributed by atoms with Gasteiger partial charge in [-0.2, -0.15) is 5.26 Å². The van der Waals surface area contributed by atoms with Crippen molar-refractivity contribution in [2.45, 2.75) is 47.6 Å². The van der Waals surface area contributed by atoms with Gasteiger partial charge in [-0.25, -0.2) is 4.79 Å². The first-order chi connectivity index (χ1) is 17.5. The molecular formula is C29H29ClN2O3S. The van der Waals surface area contributed by atoms with E-state index >= 15 is 0 Å². The van der Waals surface area contributed by atoms with Crippen LogP contribution in [0, 0.1) is 11.3 Å². The fourth-order valence-electron chi connectivity index (χ4n) is 3.79. The summed E-state index contributed by atoms with van der Waals surface area (Å²) in [5.74, 6) is 0.803. The number of amides is 1. The molecule has 5 nitrogen and oxygen atoms in total. The van der Waals surface area contributed by atoms with Gasteiger partial charge in [0.2, 0.25) is 0 Å². The molecule has 0 fully saturated rings. The molecule has 3 aromatic carbocycles. The van der Waals surface area contributed by atoms with Gasteiger partial charge in [-0.15, -0.1) is 6.58 Å². The molecule has 3 aromatic rings. The van der Waals surface area contributed by atoms with Crippen molar-refractivity contribution in [2.24, 2.45) is 0 Å². The summed E-state index contributed by atoms with van der Waals surface area (Å²) < 4.78 is 10.6. The van der Waals surface area contributed by atoms with Crippen LogP contribution in [-0.2, 0) is 17.8 Å². The summed E-state index contributed by atoms with van der Waals surface area (Å²) in [7, 11) is 1.31. The van der Waals surface area contributed by atoms with Gasteiger partial charge in [0.05, 0.1) is 30.2 Å². The van der Waals surface area contributed by atoms with E-state index in [0.717, 1.165) is 26.7 Å². The van der Waals surface area contributed by atoms with E-state index in [2.05, 4.69) is 18.0 Å². The predicted molar refractivity (Wildman–Crippen MR) is 144 cm³/mol. The van der Waals surface area contributed by atoms with Crippen molar-refractivity contribution in [3.8, 4) is 11.8 Å². The average Bonchev–Trinajstić information content (AvgIpc) is 2.89. The summed E-state index contributed by atoms with van der Waals surface area (Å²) in [6, 6.07) is 26.1. The summed E-state index contributed by atoms with van der Waals surface area (Å²) in [5.41, 5.74) is 1.29. The Kier molecular flexibility index (Phi) is 10.3. The summed E-state index contributed by atoms with van der Waals surface area (Å²) in [6.45, 7) is 4.31. The number of nitrogens with one attached hydrogen (secondary N) is 1. The molecule has 0 saturated carbocycles. The van der Waals surface area contributed by atoms with Gasteiger partial charge in [-0.3, -0.25) is 0 Å². The fourth-order valence-corrected chi connectivity index (χ4v) is 5.02. The third kappa shape index (κ3) is 7.81. The molecule has 0 saturated heterocycles. The molecule has 186 valence electrons. The van der Waals surface area contributed by atoms with Crippen LogP contribution in [0.5, 0.6) is 5.75 Å². The van der Waals surface area contributed by atoms with Gasteiger partial charge >= 0.3 is 6.09 Å². The van der Waals surface area contributed by atoms with Crippen molar-refractivity contribution in [1.82, 2.24) is 5.32 Å². The zero-order chi connectivity index (χ0) is 25.8. The van der Waals surface area contributed by atoms with Gasteiger partial charge < -0.3 is 14.8 Å². The molecule has 7 heteroatoms. The van der Waals surface area contributed by atoms with Crippen LogP contribution in [0.25, 0.3) is 0 Å². The minimum atomic E-state index is -0.772. The van der Waals surface area contributed by atoms with Crippen molar-refractivity contribution in [3.05, 3.63) is 102 Å². The minimum Gasteiger partial charge on any atom is -0.489 e. The monoisotopic (exact) mass is 520 g/mol. The van der Waals surface area contributed by atoms with Crippen LogP contribution in [0.2, 0.25) is 5.02 Å². The maximum absolute atomic E-state index is 11.9. The summed E-state index contributed by atoms with van der Waals surface area (Å²) in [6.07, 6.45) is 2.81. The highest BCUT2D eigenvalue weighted by Crippen LogP contribution is 2.37. The van der Waals surface area contributed by atoms with Crippen LogP contribution < -0.4 is 10.1 Å². The molecule has 1 unspecified atom stereocenters. The van der Waals surface area contributed by atoms with Gasteiger partial charge in [0.15, 0.2) is 0 Å². The summed E-state index contributed by atoms with van der Waals surface area (Å²) in [5, 5.41) is 12.9. The molecule has 36 heavy (non-hydrogen) atoms. The number of hydrogen-bond acceptors (Lipinski definition) is 5. The second-order valence-electron chi connectivity index (χ2n) is 8.30. The maximum Gasteiger partial charge on any atom is 0.407 e. The molecular weight excluding hydrogens is 492 g/mol. The number of rotatable bonds is 12. The Morgan fingerprint density at radius 2 is 1.89 bits per heavy atom. The quantitative estimate of drug-likeness (QED) is 0.249. The Hall–Kier alpha value is -3.40. The smallest absolute Gasteiger partial charge is 0.407 e. The Labute approximate surface area is 222 Å². The number of benzene rings is 3. The first-order valence-electron chi connectivity index (χ1n) is 11.5. The summed E-state index contributed by atoms with van der Waals surface area (Å²) >= 11 is 8.35. The van der Waals surface area contributed by atoms with Gasteiger partial charge in [0.25, 0.3) is 0 Å². The van der Waals surface area contributed by atoms with Crippen LogP contribution in [0.15, 0.2) is 95.2 Å². The summed E-state index contributed by atoms with van der Waals surface area (Å²) in [4.78, 5) is 13.9. The molecule has 0 heterocycles. The van der Waals surface area contributed by atoms with Crippen LogP contribution in [0.3, 0.4) is 0 Å². The van der Waals surface area contributed by atoms with E-state index in [4.69, 9.17) is 21.1 Å². The van der Waals surface area contributed by atoms with Crippen LogP contribution >= 0.6 is 23.4 Å². The standard InChI is InChI=1S/C29H29ClN2O3S/c1-3-17-29(19-20-31,32-28(33)34-2)18-16-23-10-7-11-26(27(23)30)36-25-14-12-24(13-15-25)35-21-22-8-5-4-6-9-22/h3-15H,1,16-19,21H2,2H3,(H,32,33). The van der Waals surface area contributed by atoms with Gasteiger partial charge in [-0.05, 0) is 60.7 Å². The third-order valence-electron chi connectivity index (χ3n) is 5.72. The number of aryl methyl sites for hydroxylation is 1. The minimum absolute atomic E-state index is 0.138. The molecule has 0 aliphatic heterocycles. The van der Waals surface area contributed by atoms with E-state index in [1.54, 1.807) is 17.8 Å². The van der Waals surface area contributed by atoms with Crippen molar-refractivity contribution < 1.29 is 14.3 Å². The zero-order valence-electron chi connectivity index (χ0n) is 20.2. The SMILES string of the molecule is C=CCC(CC#N)(CCc1cccc(Sc2ccc(OCc3ccccc3)cc2)c1Cl)NC(=O)OC.